The molecule has 2 rings (SSSR count). The van der Waals surface area contributed by atoms with E-state index < -0.39 is 0 Å². The number of nitrogens with one attached hydrogen (secondary N) is 2. The Kier molecular flexibility index (Phi) is 4.49. The van der Waals surface area contributed by atoms with Crippen molar-refractivity contribution in [1.29, 1.82) is 10.5 Å². The largest absolute Gasteiger partial charge is 0.372 e. The van der Waals surface area contributed by atoms with Crippen LogP contribution in [0.15, 0.2) is 24.3 Å². The van der Waals surface area contributed by atoms with E-state index in [1.165, 1.54) is 0 Å². The SMILES string of the molecule is CNc1nc(Nc2ccc(C#N)c(C#N)c2)c(Cl)cc1Cl. The van der Waals surface area contributed by atoms with Crippen LogP contribution in [0.3, 0.4) is 0 Å². The van der Waals surface area contributed by atoms with Gasteiger partial charge in [0, 0.05) is 12.7 Å². The van der Waals surface area contributed by atoms with Crippen LogP contribution in [0.2, 0.25) is 10.0 Å². The molecule has 0 fully saturated rings. The van der Waals surface area contributed by atoms with Crippen molar-refractivity contribution >= 4 is 40.5 Å². The molecule has 2 N–H and O–H groups in total. The van der Waals surface area contributed by atoms with E-state index in [0.717, 1.165) is 0 Å². The van der Waals surface area contributed by atoms with Crippen LogP contribution < -0.4 is 10.6 Å². The lowest BCUT2D eigenvalue weighted by Gasteiger charge is -2.11. The molecule has 0 bridgehead atoms. The van der Waals surface area contributed by atoms with Gasteiger partial charge >= 0.3 is 0 Å². The monoisotopic (exact) mass is 317 g/mol. The first kappa shape index (κ1) is 14.9. The normalized spacial score (nSPS) is 9.57. The van der Waals surface area contributed by atoms with Crippen LogP contribution in [0, 0.1) is 22.7 Å². The second kappa shape index (κ2) is 6.32. The topological polar surface area (TPSA) is 84.5 Å². The standard InChI is InChI=1S/C14H9Cl2N5/c1-19-13-11(15)5-12(16)14(21-13)20-10-3-2-8(6-17)9(4-10)7-18/h2-5H,1H3,(H2,19,20,21). The molecule has 0 amide bonds. The summed E-state index contributed by atoms with van der Waals surface area (Å²) >= 11 is 12.1. The fourth-order valence-electron chi connectivity index (χ4n) is 1.68. The molecule has 7 heteroatoms. The maximum Gasteiger partial charge on any atom is 0.151 e. The van der Waals surface area contributed by atoms with Crippen LogP contribution in [0.1, 0.15) is 11.1 Å². The van der Waals surface area contributed by atoms with Crippen molar-refractivity contribution in [2.75, 3.05) is 17.7 Å². The lowest BCUT2D eigenvalue weighted by atomic mass is 10.1. The van der Waals surface area contributed by atoms with E-state index >= 15 is 0 Å². The Labute approximate surface area is 131 Å². The molecule has 0 spiro atoms. The summed E-state index contributed by atoms with van der Waals surface area (Å²) in [4.78, 5) is 4.25. The number of hydrogen-bond acceptors (Lipinski definition) is 5. The lowest BCUT2D eigenvalue weighted by molar-refractivity contribution is 1.27. The van der Waals surface area contributed by atoms with Gasteiger partial charge in [0.2, 0.25) is 0 Å². The smallest absolute Gasteiger partial charge is 0.151 e. The second-order valence-electron chi connectivity index (χ2n) is 4.01. The molecule has 0 saturated heterocycles. The van der Waals surface area contributed by atoms with E-state index in [0.29, 0.717) is 32.9 Å². The van der Waals surface area contributed by atoms with Gasteiger partial charge in [-0.05, 0) is 24.3 Å². The molecule has 1 heterocycles. The minimum Gasteiger partial charge on any atom is -0.372 e. The summed E-state index contributed by atoms with van der Waals surface area (Å²) < 4.78 is 0. The van der Waals surface area contributed by atoms with E-state index in [2.05, 4.69) is 15.6 Å². The molecule has 104 valence electrons. The molecule has 0 unspecified atom stereocenters. The predicted molar refractivity (Wildman–Crippen MR) is 83.0 cm³/mol. The molecule has 0 radical (unpaired) electrons. The first-order valence-corrected chi connectivity index (χ1v) is 6.59. The van der Waals surface area contributed by atoms with E-state index in [9.17, 15) is 0 Å². The molecular weight excluding hydrogens is 309 g/mol. The third-order valence-corrected chi connectivity index (χ3v) is 3.27. The van der Waals surface area contributed by atoms with Crippen molar-refractivity contribution in [3.05, 3.63) is 45.4 Å². The number of benzene rings is 1. The molecule has 1 aromatic carbocycles. The number of rotatable bonds is 3. The van der Waals surface area contributed by atoms with Crippen molar-refractivity contribution in [2.45, 2.75) is 0 Å². The number of pyridine rings is 1. The first-order valence-electron chi connectivity index (χ1n) is 5.84. The Balaban J connectivity index is 2.39. The zero-order valence-electron chi connectivity index (χ0n) is 10.9. The van der Waals surface area contributed by atoms with Gasteiger partial charge in [0.1, 0.15) is 18.0 Å². The summed E-state index contributed by atoms with van der Waals surface area (Å²) in [5.41, 5.74) is 1.19. The quantitative estimate of drug-likeness (QED) is 0.896. The highest BCUT2D eigenvalue weighted by Crippen LogP contribution is 2.31. The van der Waals surface area contributed by atoms with Gasteiger partial charge in [0.25, 0.3) is 0 Å². The Hall–Kier alpha value is -2.47. The van der Waals surface area contributed by atoms with Crippen LogP contribution in [-0.4, -0.2) is 12.0 Å². The van der Waals surface area contributed by atoms with E-state index in [1.807, 2.05) is 12.1 Å². The fraction of sp³-hybridized carbons (Fsp3) is 0.0714. The average molecular weight is 318 g/mol. The molecule has 0 atom stereocenters. The third kappa shape index (κ3) is 3.17. The predicted octanol–water partition coefficient (Wildman–Crippen LogP) is 3.92. The van der Waals surface area contributed by atoms with Gasteiger partial charge in [-0.3, -0.25) is 0 Å². The van der Waals surface area contributed by atoms with E-state index in [-0.39, 0.29) is 5.56 Å². The van der Waals surface area contributed by atoms with Crippen LogP contribution in [-0.2, 0) is 0 Å². The number of halogens is 2. The molecule has 0 aliphatic heterocycles. The van der Waals surface area contributed by atoms with Crippen LogP contribution >= 0.6 is 23.2 Å². The van der Waals surface area contributed by atoms with Gasteiger partial charge in [-0.25, -0.2) is 4.98 Å². The molecule has 0 aliphatic carbocycles. The highest BCUT2D eigenvalue weighted by Gasteiger charge is 2.10. The summed E-state index contributed by atoms with van der Waals surface area (Å²) in [7, 11) is 1.70. The van der Waals surface area contributed by atoms with Crippen molar-refractivity contribution in [1.82, 2.24) is 4.98 Å². The van der Waals surface area contributed by atoms with Crippen molar-refractivity contribution < 1.29 is 0 Å². The highest BCUT2D eigenvalue weighted by molar-refractivity contribution is 6.37. The summed E-state index contributed by atoms with van der Waals surface area (Å²) in [6.45, 7) is 0. The zero-order valence-corrected chi connectivity index (χ0v) is 12.4. The number of anilines is 3. The average Bonchev–Trinajstić information content (AvgIpc) is 2.49. The van der Waals surface area contributed by atoms with Crippen LogP contribution in [0.25, 0.3) is 0 Å². The fourth-order valence-corrected chi connectivity index (χ4v) is 2.18. The van der Waals surface area contributed by atoms with Gasteiger partial charge in [0.15, 0.2) is 5.82 Å². The first-order chi connectivity index (χ1) is 10.1. The summed E-state index contributed by atoms with van der Waals surface area (Å²) in [6.07, 6.45) is 0. The number of nitriles is 2. The highest BCUT2D eigenvalue weighted by atomic mass is 35.5. The molecule has 21 heavy (non-hydrogen) atoms. The minimum absolute atomic E-state index is 0.279. The maximum absolute atomic E-state index is 9.02. The second-order valence-corrected chi connectivity index (χ2v) is 4.82. The Morgan fingerprint density at radius 2 is 1.67 bits per heavy atom. The molecular formula is C14H9Cl2N5. The number of aromatic nitrogens is 1. The van der Waals surface area contributed by atoms with Crippen LogP contribution in [0.5, 0.6) is 0 Å². The third-order valence-electron chi connectivity index (χ3n) is 2.69. The van der Waals surface area contributed by atoms with Gasteiger partial charge < -0.3 is 10.6 Å². The van der Waals surface area contributed by atoms with Crippen molar-refractivity contribution in [3.8, 4) is 12.1 Å². The Morgan fingerprint density at radius 3 is 2.29 bits per heavy atom. The molecule has 0 saturated carbocycles. The molecule has 5 nitrogen and oxygen atoms in total. The number of nitrogens with zero attached hydrogens (tertiary/aromatic N) is 3. The van der Waals surface area contributed by atoms with Crippen molar-refractivity contribution in [2.24, 2.45) is 0 Å². The summed E-state index contributed by atoms with van der Waals surface area (Å²) in [5, 5.41) is 24.5. The van der Waals surface area contributed by atoms with Gasteiger partial charge in [-0.15, -0.1) is 0 Å². The molecule has 2 aromatic rings. The van der Waals surface area contributed by atoms with Gasteiger partial charge in [-0.1, -0.05) is 23.2 Å². The molecule has 0 aliphatic rings. The van der Waals surface area contributed by atoms with Gasteiger partial charge in [0.05, 0.1) is 21.2 Å². The minimum atomic E-state index is 0.279. The zero-order chi connectivity index (χ0) is 15.4. The van der Waals surface area contributed by atoms with E-state index in [4.69, 9.17) is 33.7 Å². The van der Waals surface area contributed by atoms with Gasteiger partial charge in [-0.2, -0.15) is 10.5 Å². The molecule has 1 aromatic heterocycles. The van der Waals surface area contributed by atoms with Crippen LogP contribution in [0.4, 0.5) is 17.3 Å². The maximum atomic E-state index is 9.02. The summed E-state index contributed by atoms with van der Waals surface area (Å²) in [6, 6.07) is 10.3. The number of hydrogen-bond donors (Lipinski definition) is 2. The van der Waals surface area contributed by atoms with Crippen molar-refractivity contribution in [3.63, 3.8) is 0 Å². The summed E-state index contributed by atoms with van der Waals surface area (Å²) in [5.74, 6) is 0.886. The Bertz CT molecular complexity index is 774. The Morgan fingerprint density at radius 1 is 1.00 bits per heavy atom. The van der Waals surface area contributed by atoms with E-state index in [1.54, 1.807) is 31.3 Å². The lowest BCUT2D eigenvalue weighted by Crippen LogP contribution is -2.00.